The molecule has 2 unspecified atom stereocenters. The molecule has 2 aliphatic rings. The summed E-state index contributed by atoms with van der Waals surface area (Å²) in [5.41, 5.74) is 0.619. The van der Waals surface area contributed by atoms with Crippen LogP contribution >= 0.6 is 0 Å². The Hall–Kier alpha value is -0.0800. The number of hydrogen-bond donors (Lipinski definition) is 1. The Morgan fingerprint density at radius 2 is 1.75 bits per heavy atom. The largest absolute Gasteiger partial charge is 0.312 e. The highest BCUT2D eigenvalue weighted by Crippen LogP contribution is 2.36. The van der Waals surface area contributed by atoms with Crippen LogP contribution in [-0.4, -0.2) is 36.6 Å². The lowest BCUT2D eigenvalue weighted by Crippen LogP contribution is -2.53. The molecule has 2 nitrogen and oxygen atoms in total. The van der Waals surface area contributed by atoms with Crippen molar-refractivity contribution in [1.82, 2.24) is 10.2 Å². The van der Waals surface area contributed by atoms with Crippen molar-refractivity contribution >= 4 is 0 Å². The number of hydrogen-bond acceptors (Lipinski definition) is 2. The Morgan fingerprint density at radius 3 is 2.40 bits per heavy atom. The van der Waals surface area contributed by atoms with Gasteiger partial charge in [0.2, 0.25) is 0 Å². The van der Waals surface area contributed by atoms with E-state index in [2.05, 4.69) is 31.0 Å². The summed E-state index contributed by atoms with van der Waals surface area (Å²) in [4.78, 5) is 2.83. The van der Waals surface area contributed by atoms with Crippen molar-refractivity contribution in [3.8, 4) is 0 Å². The van der Waals surface area contributed by atoms with Gasteiger partial charge in [0.15, 0.2) is 0 Å². The third kappa shape index (κ3) is 4.21. The molecule has 2 rings (SSSR count). The van der Waals surface area contributed by atoms with Crippen molar-refractivity contribution in [2.24, 2.45) is 5.41 Å². The Morgan fingerprint density at radius 1 is 1.05 bits per heavy atom. The smallest absolute Gasteiger partial charge is 0.0249 e. The van der Waals surface area contributed by atoms with E-state index in [1.807, 2.05) is 0 Å². The molecule has 0 aromatic rings. The number of piperidine rings is 1. The standard InChI is InChI=1S/C18H36N2/c1-4-13-19-16-9-7-6-8-10-17(16)20-14-11-18(3,5-2)12-15-20/h16-17,19H,4-15H2,1-3H3. The molecule has 1 saturated heterocycles. The highest BCUT2D eigenvalue weighted by Gasteiger charge is 2.34. The molecule has 1 N–H and O–H groups in total. The molecule has 118 valence electrons. The van der Waals surface area contributed by atoms with Crippen LogP contribution in [0.3, 0.4) is 0 Å². The first-order valence-corrected chi connectivity index (χ1v) is 9.16. The second kappa shape index (κ2) is 7.79. The van der Waals surface area contributed by atoms with E-state index >= 15 is 0 Å². The maximum Gasteiger partial charge on any atom is 0.0249 e. The van der Waals surface area contributed by atoms with Crippen LogP contribution in [0, 0.1) is 5.41 Å². The monoisotopic (exact) mass is 280 g/mol. The van der Waals surface area contributed by atoms with Crippen molar-refractivity contribution in [3.63, 3.8) is 0 Å². The summed E-state index contributed by atoms with van der Waals surface area (Å²) in [5.74, 6) is 0. The quantitative estimate of drug-likeness (QED) is 0.759. The van der Waals surface area contributed by atoms with Crippen LogP contribution < -0.4 is 5.32 Å². The van der Waals surface area contributed by atoms with Crippen molar-refractivity contribution in [3.05, 3.63) is 0 Å². The zero-order chi connectivity index (χ0) is 14.4. The van der Waals surface area contributed by atoms with Crippen LogP contribution in [0.4, 0.5) is 0 Å². The maximum absolute atomic E-state index is 3.85. The fraction of sp³-hybridized carbons (Fsp3) is 1.00. The fourth-order valence-corrected chi connectivity index (χ4v) is 4.04. The summed E-state index contributed by atoms with van der Waals surface area (Å²) in [5, 5.41) is 3.85. The van der Waals surface area contributed by atoms with Gasteiger partial charge in [-0.3, -0.25) is 4.90 Å². The molecule has 0 aromatic carbocycles. The lowest BCUT2D eigenvalue weighted by atomic mass is 9.77. The summed E-state index contributed by atoms with van der Waals surface area (Å²) < 4.78 is 0. The third-order valence-corrected chi connectivity index (χ3v) is 5.96. The summed E-state index contributed by atoms with van der Waals surface area (Å²) in [7, 11) is 0. The van der Waals surface area contributed by atoms with Crippen molar-refractivity contribution in [2.45, 2.75) is 90.6 Å². The number of likely N-dealkylation sites (tertiary alicyclic amines) is 1. The van der Waals surface area contributed by atoms with Gasteiger partial charge in [0, 0.05) is 12.1 Å². The molecule has 1 saturated carbocycles. The molecule has 1 aliphatic heterocycles. The SMILES string of the molecule is CCCNC1CCCCCC1N1CCC(C)(CC)CC1. The highest BCUT2D eigenvalue weighted by atomic mass is 15.2. The minimum Gasteiger partial charge on any atom is -0.312 e. The summed E-state index contributed by atoms with van der Waals surface area (Å²) >= 11 is 0. The molecule has 0 radical (unpaired) electrons. The van der Waals surface area contributed by atoms with E-state index in [9.17, 15) is 0 Å². The number of rotatable bonds is 5. The van der Waals surface area contributed by atoms with Gasteiger partial charge in [0.25, 0.3) is 0 Å². The van der Waals surface area contributed by atoms with Crippen LogP contribution in [0.25, 0.3) is 0 Å². The Bertz CT molecular complexity index is 269. The Balaban J connectivity index is 1.93. The molecule has 0 spiro atoms. The van der Waals surface area contributed by atoms with Crippen molar-refractivity contribution < 1.29 is 0 Å². The molecule has 20 heavy (non-hydrogen) atoms. The van der Waals surface area contributed by atoms with Crippen LogP contribution in [-0.2, 0) is 0 Å². The average Bonchev–Trinajstić information content (AvgIpc) is 2.71. The molecule has 0 aromatic heterocycles. The van der Waals surface area contributed by atoms with Crippen LogP contribution in [0.1, 0.15) is 78.6 Å². The second-order valence-electron chi connectivity index (χ2n) is 7.47. The number of nitrogens with one attached hydrogen (secondary N) is 1. The van der Waals surface area contributed by atoms with E-state index in [0.717, 1.165) is 12.1 Å². The molecule has 0 bridgehead atoms. The molecular weight excluding hydrogens is 244 g/mol. The molecule has 2 heteroatoms. The fourth-order valence-electron chi connectivity index (χ4n) is 4.04. The summed E-state index contributed by atoms with van der Waals surface area (Å²) in [6.07, 6.45) is 12.5. The van der Waals surface area contributed by atoms with Gasteiger partial charge in [-0.25, -0.2) is 0 Å². The molecular formula is C18H36N2. The Labute approximate surface area is 126 Å². The van der Waals surface area contributed by atoms with E-state index in [1.165, 1.54) is 77.4 Å². The number of nitrogens with zero attached hydrogens (tertiary/aromatic N) is 1. The molecule has 2 atom stereocenters. The van der Waals surface area contributed by atoms with Crippen LogP contribution in [0.15, 0.2) is 0 Å². The van der Waals surface area contributed by atoms with E-state index in [1.54, 1.807) is 0 Å². The van der Waals surface area contributed by atoms with Gasteiger partial charge in [0.1, 0.15) is 0 Å². The predicted molar refractivity (Wildman–Crippen MR) is 88.2 cm³/mol. The lowest BCUT2D eigenvalue weighted by molar-refractivity contribution is 0.0615. The predicted octanol–water partition coefficient (Wildman–Crippen LogP) is 4.20. The maximum atomic E-state index is 3.85. The van der Waals surface area contributed by atoms with Gasteiger partial charge in [-0.1, -0.05) is 46.5 Å². The van der Waals surface area contributed by atoms with E-state index in [-0.39, 0.29) is 0 Å². The molecule has 1 aliphatic carbocycles. The van der Waals surface area contributed by atoms with E-state index < -0.39 is 0 Å². The highest BCUT2D eigenvalue weighted by molar-refractivity contribution is 4.91. The van der Waals surface area contributed by atoms with Gasteiger partial charge >= 0.3 is 0 Å². The topological polar surface area (TPSA) is 15.3 Å². The molecule has 1 heterocycles. The van der Waals surface area contributed by atoms with Gasteiger partial charge < -0.3 is 5.32 Å². The summed E-state index contributed by atoms with van der Waals surface area (Å²) in [6, 6.07) is 1.56. The van der Waals surface area contributed by atoms with Gasteiger partial charge in [-0.2, -0.15) is 0 Å². The Kier molecular flexibility index (Phi) is 6.35. The second-order valence-corrected chi connectivity index (χ2v) is 7.47. The first-order chi connectivity index (χ1) is 9.68. The molecule has 2 fully saturated rings. The third-order valence-electron chi connectivity index (χ3n) is 5.96. The van der Waals surface area contributed by atoms with Crippen LogP contribution in [0.5, 0.6) is 0 Å². The normalized spacial score (nSPS) is 31.9. The minimum absolute atomic E-state index is 0.619. The zero-order valence-corrected chi connectivity index (χ0v) is 14.1. The van der Waals surface area contributed by atoms with Gasteiger partial charge in [0.05, 0.1) is 0 Å². The van der Waals surface area contributed by atoms with Crippen molar-refractivity contribution in [2.75, 3.05) is 19.6 Å². The van der Waals surface area contributed by atoms with E-state index in [0.29, 0.717) is 5.41 Å². The van der Waals surface area contributed by atoms with E-state index in [4.69, 9.17) is 0 Å². The minimum atomic E-state index is 0.619. The zero-order valence-electron chi connectivity index (χ0n) is 14.1. The first kappa shape index (κ1) is 16.3. The van der Waals surface area contributed by atoms with Crippen LogP contribution in [0.2, 0.25) is 0 Å². The summed E-state index contributed by atoms with van der Waals surface area (Å²) in [6.45, 7) is 11.0. The average molecular weight is 280 g/mol. The molecule has 0 amide bonds. The van der Waals surface area contributed by atoms with Gasteiger partial charge in [-0.05, 0) is 57.2 Å². The van der Waals surface area contributed by atoms with Gasteiger partial charge in [-0.15, -0.1) is 0 Å². The lowest BCUT2D eigenvalue weighted by Gasteiger charge is -2.44. The first-order valence-electron chi connectivity index (χ1n) is 9.16. The van der Waals surface area contributed by atoms with Crippen molar-refractivity contribution in [1.29, 1.82) is 0 Å².